The minimum absolute atomic E-state index is 0.805. The van der Waals surface area contributed by atoms with Gasteiger partial charge in [-0.3, -0.25) is 0 Å². The number of imidazole rings is 1. The molecule has 2 rings (SSSR count). The number of nitrogens with one attached hydrogen (secondary N) is 1. The molecule has 0 spiro atoms. The molecule has 0 aliphatic heterocycles. The Morgan fingerprint density at radius 3 is 3.12 bits per heavy atom. The van der Waals surface area contributed by atoms with Crippen molar-refractivity contribution in [3.05, 3.63) is 35.8 Å². The molecule has 0 unspecified atom stereocenters. The highest BCUT2D eigenvalue weighted by molar-refractivity contribution is 5.42. The first kappa shape index (κ1) is 12.1. The second kappa shape index (κ2) is 5.80. The molecule has 2 aromatic rings. The van der Waals surface area contributed by atoms with E-state index >= 15 is 0 Å². The summed E-state index contributed by atoms with van der Waals surface area (Å²) >= 11 is 0. The van der Waals surface area contributed by atoms with E-state index in [1.54, 1.807) is 7.11 Å². The molecule has 1 N–H and O–H groups in total. The molecular weight excluding hydrogens is 214 g/mol. The lowest BCUT2D eigenvalue weighted by Crippen LogP contribution is -2.17. The SMILES string of the molecule is COCCCNCc1c(C)nc2ccccn12. The lowest BCUT2D eigenvalue weighted by Gasteiger charge is -2.05. The van der Waals surface area contributed by atoms with Gasteiger partial charge in [-0.2, -0.15) is 0 Å². The number of aryl methyl sites for hydroxylation is 1. The Morgan fingerprint density at radius 2 is 2.29 bits per heavy atom. The fourth-order valence-corrected chi connectivity index (χ4v) is 1.93. The van der Waals surface area contributed by atoms with Gasteiger partial charge in [0.2, 0.25) is 0 Å². The van der Waals surface area contributed by atoms with E-state index in [9.17, 15) is 0 Å². The van der Waals surface area contributed by atoms with E-state index in [-0.39, 0.29) is 0 Å². The Bertz CT molecular complexity index is 478. The predicted octanol–water partition coefficient (Wildman–Crippen LogP) is 1.77. The molecule has 0 bridgehead atoms. The van der Waals surface area contributed by atoms with Crippen molar-refractivity contribution in [3.63, 3.8) is 0 Å². The van der Waals surface area contributed by atoms with Crippen LogP contribution in [0.25, 0.3) is 5.65 Å². The van der Waals surface area contributed by atoms with Crippen LogP contribution in [0.5, 0.6) is 0 Å². The summed E-state index contributed by atoms with van der Waals surface area (Å²) < 4.78 is 7.15. The first-order valence-corrected chi connectivity index (χ1v) is 5.95. The van der Waals surface area contributed by atoms with Gasteiger partial charge in [-0.1, -0.05) is 6.07 Å². The number of pyridine rings is 1. The molecule has 0 fully saturated rings. The number of hydrogen-bond donors (Lipinski definition) is 1. The zero-order chi connectivity index (χ0) is 12.1. The van der Waals surface area contributed by atoms with Gasteiger partial charge in [-0.15, -0.1) is 0 Å². The van der Waals surface area contributed by atoms with Gasteiger partial charge in [0.05, 0.1) is 11.4 Å². The van der Waals surface area contributed by atoms with Crippen molar-refractivity contribution in [1.29, 1.82) is 0 Å². The maximum Gasteiger partial charge on any atom is 0.137 e. The molecule has 0 atom stereocenters. The van der Waals surface area contributed by atoms with Crippen LogP contribution < -0.4 is 5.32 Å². The third-order valence-corrected chi connectivity index (χ3v) is 2.82. The van der Waals surface area contributed by atoms with Crippen LogP contribution >= 0.6 is 0 Å². The van der Waals surface area contributed by atoms with Gasteiger partial charge in [-0.25, -0.2) is 4.98 Å². The van der Waals surface area contributed by atoms with Crippen molar-refractivity contribution in [2.75, 3.05) is 20.3 Å². The summed E-state index contributed by atoms with van der Waals surface area (Å²) in [5.74, 6) is 0. The van der Waals surface area contributed by atoms with Crippen LogP contribution in [0.3, 0.4) is 0 Å². The van der Waals surface area contributed by atoms with Crippen LogP contribution in [0.1, 0.15) is 17.8 Å². The fourth-order valence-electron chi connectivity index (χ4n) is 1.93. The van der Waals surface area contributed by atoms with Gasteiger partial charge in [0.1, 0.15) is 5.65 Å². The highest BCUT2D eigenvalue weighted by Crippen LogP contribution is 2.11. The van der Waals surface area contributed by atoms with E-state index in [1.165, 1.54) is 5.69 Å². The molecule has 0 saturated carbocycles. The van der Waals surface area contributed by atoms with E-state index in [0.717, 1.165) is 37.5 Å². The van der Waals surface area contributed by atoms with E-state index < -0.39 is 0 Å². The highest BCUT2D eigenvalue weighted by Gasteiger charge is 2.06. The number of ether oxygens (including phenoxy) is 1. The predicted molar refractivity (Wildman–Crippen MR) is 68.1 cm³/mol. The van der Waals surface area contributed by atoms with Crippen molar-refractivity contribution in [2.24, 2.45) is 0 Å². The van der Waals surface area contributed by atoms with Crippen molar-refractivity contribution in [3.8, 4) is 0 Å². The number of fused-ring (bicyclic) bond motifs is 1. The third kappa shape index (κ3) is 2.84. The summed E-state index contributed by atoms with van der Waals surface area (Å²) in [4.78, 5) is 4.53. The van der Waals surface area contributed by atoms with E-state index in [1.807, 2.05) is 18.2 Å². The molecule has 0 amide bonds. The second-order valence-electron chi connectivity index (χ2n) is 4.10. The molecule has 17 heavy (non-hydrogen) atoms. The maximum atomic E-state index is 5.02. The molecule has 4 nitrogen and oxygen atoms in total. The van der Waals surface area contributed by atoms with Crippen LogP contribution in [0.4, 0.5) is 0 Å². The van der Waals surface area contributed by atoms with E-state index in [4.69, 9.17) is 4.74 Å². The van der Waals surface area contributed by atoms with Gasteiger partial charge in [0.25, 0.3) is 0 Å². The molecule has 2 aromatic heterocycles. The normalized spacial score (nSPS) is 11.2. The molecule has 92 valence electrons. The van der Waals surface area contributed by atoms with Crippen molar-refractivity contribution in [2.45, 2.75) is 19.9 Å². The standard InChI is InChI=1S/C13H19N3O/c1-11-12(10-14-7-5-9-17-2)16-8-4-3-6-13(16)15-11/h3-4,6,8,14H,5,7,9-10H2,1-2H3. The lowest BCUT2D eigenvalue weighted by molar-refractivity contribution is 0.194. The second-order valence-corrected chi connectivity index (χ2v) is 4.10. The zero-order valence-electron chi connectivity index (χ0n) is 10.4. The molecule has 0 aliphatic carbocycles. The number of rotatable bonds is 6. The minimum atomic E-state index is 0.805. The monoisotopic (exact) mass is 233 g/mol. The van der Waals surface area contributed by atoms with Crippen molar-refractivity contribution in [1.82, 2.24) is 14.7 Å². The summed E-state index contributed by atoms with van der Waals surface area (Å²) in [6.45, 7) is 4.67. The molecule has 0 aliphatic rings. The number of methoxy groups -OCH3 is 1. The van der Waals surface area contributed by atoms with Crippen LogP contribution in [0.15, 0.2) is 24.4 Å². The van der Waals surface area contributed by atoms with Gasteiger partial charge in [0, 0.05) is 26.5 Å². The van der Waals surface area contributed by atoms with Crippen molar-refractivity contribution >= 4 is 5.65 Å². The Kier molecular flexibility index (Phi) is 4.12. The minimum Gasteiger partial charge on any atom is -0.385 e. The highest BCUT2D eigenvalue weighted by atomic mass is 16.5. The first-order valence-electron chi connectivity index (χ1n) is 5.95. The molecule has 4 heteroatoms. The lowest BCUT2D eigenvalue weighted by atomic mass is 10.3. The summed E-state index contributed by atoms with van der Waals surface area (Å²) in [5, 5.41) is 3.41. The molecule has 0 aromatic carbocycles. The summed E-state index contributed by atoms with van der Waals surface area (Å²) in [5.41, 5.74) is 3.34. The quantitative estimate of drug-likeness (QED) is 0.773. The Labute approximate surface area is 102 Å². The van der Waals surface area contributed by atoms with Crippen molar-refractivity contribution < 1.29 is 4.74 Å². The average Bonchev–Trinajstić information content (AvgIpc) is 2.65. The fraction of sp³-hybridized carbons (Fsp3) is 0.462. The molecule has 2 heterocycles. The summed E-state index contributed by atoms with van der Waals surface area (Å²) in [7, 11) is 1.73. The molecule has 0 radical (unpaired) electrons. The average molecular weight is 233 g/mol. The summed E-state index contributed by atoms with van der Waals surface area (Å²) in [6, 6.07) is 6.07. The van der Waals surface area contributed by atoms with Crippen LogP contribution in [-0.4, -0.2) is 29.6 Å². The molecule has 0 saturated heterocycles. The largest absolute Gasteiger partial charge is 0.385 e. The summed E-state index contributed by atoms with van der Waals surface area (Å²) in [6.07, 6.45) is 3.09. The van der Waals surface area contributed by atoms with Crippen LogP contribution in [-0.2, 0) is 11.3 Å². The maximum absolute atomic E-state index is 5.02. The number of aromatic nitrogens is 2. The van der Waals surface area contributed by atoms with Gasteiger partial charge in [0.15, 0.2) is 0 Å². The third-order valence-electron chi connectivity index (χ3n) is 2.82. The van der Waals surface area contributed by atoms with E-state index in [2.05, 4.69) is 27.8 Å². The van der Waals surface area contributed by atoms with Gasteiger partial charge >= 0.3 is 0 Å². The topological polar surface area (TPSA) is 38.6 Å². The Balaban J connectivity index is 2.00. The van der Waals surface area contributed by atoms with Gasteiger partial charge < -0.3 is 14.5 Å². The number of nitrogens with zero attached hydrogens (tertiary/aromatic N) is 2. The molecular formula is C13H19N3O. The van der Waals surface area contributed by atoms with Crippen LogP contribution in [0.2, 0.25) is 0 Å². The Morgan fingerprint density at radius 1 is 1.41 bits per heavy atom. The first-order chi connectivity index (χ1) is 8.33. The van der Waals surface area contributed by atoms with Gasteiger partial charge in [-0.05, 0) is 32.0 Å². The number of hydrogen-bond acceptors (Lipinski definition) is 3. The Hall–Kier alpha value is -1.39. The van der Waals surface area contributed by atoms with Crippen LogP contribution in [0, 0.1) is 6.92 Å². The smallest absolute Gasteiger partial charge is 0.137 e. The zero-order valence-corrected chi connectivity index (χ0v) is 10.4. The van der Waals surface area contributed by atoms with E-state index in [0.29, 0.717) is 0 Å².